The van der Waals surface area contributed by atoms with Crippen molar-refractivity contribution in [1.82, 2.24) is 10.2 Å². The van der Waals surface area contributed by atoms with Crippen LogP contribution in [0.1, 0.15) is 23.5 Å². The van der Waals surface area contributed by atoms with E-state index in [0.29, 0.717) is 4.34 Å². The number of carbonyl (C=O) groups is 3. The Bertz CT molecular complexity index is 1230. The van der Waals surface area contributed by atoms with Crippen molar-refractivity contribution in [3.05, 3.63) is 39.5 Å². The summed E-state index contributed by atoms with van der Waals surface area (Å²) < 4.78 is 76.8. The van der Waals surface area contributed by atoms with E-state index < -0.39 is 55.4 Å². The minimum Gasteiger partial charge on any atom is -0.433 e. The molecular weight excluding hydrogens is 599 g/mol. The first-order chi connectivity index (χ1) is 19.2. The molecule has 0 saturated carbocycles. The van der Waals surface area contributed by atoms with Crippen LogP contribution in [0.3, 0.4) is 0 Å². The van der Waals surface area contributed by atoms with Crippen LogP contribution in [0.4, 0.5) is 33.3 Å². The van der Waals surface area contributed by atoms with Crippen LogP contribution in [-0.2, 0) is 14.3 Å². The number of rotatable bonds is 12. The maximum absolute atomic E-state index is 13.5. The third kappa shape index (κ3) is 9.80. The number of nitrogens with one attached hydrogen (secondary N) is 2. The largest absolute Gasteiger partial charge is 0.433 e. The highest BCUT2D eigenvalue weighted by atomic mass is 35.5. The number of ether oxygens (including phenoxy) is 2. The number of morpholine rings is 1. The summed E-state index contributed by atoms with van der Waals surface area (Å²) in [7, 11) is 0. The maximum Gasteiger partial charge on any atom is 0.401 e. The van der Waals surface area contributed by atoms with Gasteiger partial charge in [0.1, 0.15) is 12.6 Å². The van der Waals surface area contributed by atoms with Gasteiger partial charge in [0.2, 0.25) is 5.91 Å². The fraction of sp³-hybridized carbons (Fsp3) is 0.480. The fourth-order valence-electron chi connectivity index (χ4n) is 4.11. The van der Waals surface area contributed by atoms with Crippen molar-refractivity contribution in [1.29, 1.82) is 0 Å². The van der Waals surface area contributed by atoms with Gasteiger partial charge in [-0.05, 0) is 30.2 Å². The molecule has 1 aromatic heterocycles. The number of carbonyl (C=O) groups excluding carboxylic acids is 3. The average molecular weight is 627 g/mol. The van der Waals surface area contributed by atoms with Crippen LogP contribution in [-0.4, -0.2) is 80.8 Å². The summed E-state index contributed by atoms with van der Waals surface area (Å²) in [4.78, 5) is 40.5. The summed E-state index contributed by atoms with van der Waals surface area (Å²) >= 11 is 6.81. The van der Waals surface area contributed by atoms with E-state index in [0.717, 1.165) is 22.3 Å². The zero-order valence-electron chi connectivity index (χ0n) is 22.0. The highest BCUT2D eigenvalue weighted by Gasteiger charge is 2.37. The van der Waals surface area contributed by atoms with Crippen LogP contribution in [0.15, 0.2) is 30.3 Å². The van der Waals surface area contributed by atoms with E-state index in [2.05, 4.69) is 15.4 Å². The SMILES string of the molecule is CC(C)CN(CC(F)(F)F)[C@@H](CNC(=O)c1ccc(Cl)s1)C(=O)Nc1ccc(N2CCOCC2=O)c(OC(F)F)c1. The quantitative estimate of drug-likeness (QED) is 0.334. The summed E-state index contributed by atoms with van der Waals surface area (Å²) in [5, 5.41) is 4.91. The Kier molecular flexibility index (Phi) is 11.3. The van der Waals surface area contributed by atoms with E-state index in [-0.39, 0.29) is 48.5 Å². The lowest BCUT2D eigenvalue weighted by Gasteiger charge is -2.33. The standard InChI is InChI=1S/C25H28ClF5N4O5S/c1-14(2)11-34(13-25(29,30)31)17(10-32-23(38)19-5-6-20(26)41-19)22(37)33-15-3-4-16(18(9-15)40-24(27)28)35-7-8-39-12-21(35)36/h3-6,9,14,17,24H,7-8,10-13H2,1-2H3,(H,32,38)(H,33,37)/t17-/m0/s1. The molecule has 1 aliphatic rings. The van der Waals surface area contributed by atoms with Gasteiger partial charge in [-0.1, -0.05) is 25.4 Å². The Morgan fingerprint density at radius 3 is 2.54 bits per heavy atom. The molecule has 41 heavy (non-hydrogen) atoms. The van der Waals surface area contributed by atoms with E-state index in [1.807, 2.05) is 0 Å². The number of anilines is 2. The van der Waals surface area contributed by atoms with Gasteiger partial charge in [0, 0.05) is 31.4 Å². The van der Waals surface area contributed by atoms with Gasteiger partial charge >= 0.3 is 12.8 Å². The molecule has 1 aromatic carbocycles. The van der Waals surface area contributed by atoms with Gasteiger partial charge in [0.25, 0.3) is 11.8 Å². The van der Waals surface area contributed by atoms with Crippen LogP contribution < -0.4 is 20.3 Å². The Morgan fingerprint density at radius 2 is 1.95 bits per heavy atom. The smallest absolute Gasteiger partial charge is 0.401 e. The minimum absolute atomic E-state index is 0.00790. The molecular formula is C25H28ClF5N4O5S. The van der Waals surface area contributed by atoms with E-state index in [1.54, 1.807) is 13.8 Å². The predicted molar refractivity (Wildman–Crippen MR) is 143 cm³/mol. The summed E-state index contributed by atoms with van der Waals surface area (Å²) in [6.07, 6.45) is -4.66. The van der Waals surface area contributed by atoms with Crippen LogP contribution in [0.2, 0.25) is 4.34 Å². The third-order valence-electron chi connectivity index (χ3n) is 5.70. The van der Waals surface area contributed by atoms with Crippen LogP contribution in [0, 0.1) is 5.92 Å². The van der Waals surface area contributed by atoms with E-state index >= 15 is 0 Å². The lowest BCUT2D eigenvalue weighted by Crippen LogP contribution is -2.54. The number of hydrogen-bond donors (Lipinski definition) is 2. The topological polar surface area (TPSA) is 100 Å². The second-order valence-electron chi connectivity index (χ2n) is 9.42. The van der Waals surface area contributed by atoms with Crippen LogP contribution >= 0.6 is 22.9 Å². The number of benzene rings is 1. The Hall–Kier alpha value is -3.01. The molecule has 1 fully saturated rings. The first kappa shape index (κ1) is 32.5. The molecule has 0 aliphatic carbocycles. The highest BCUT2D eigenvalue weighted by Crippen LogP contribution is 2.34. The van der Waals surface area contributed by atoms with Crippen molar-refractivity contribution in [3.63, 3.8) is 0 Å². The minimum atomic E-state index is -4.66. The van der Waals surface area contributed by atoms with Gasteiger partial charge < -0.3 is 25.0 Å². The number of hydrogen-bond acceptors (Lipinski definition) is 7. The first-order valence-electron chi connectivity index (χ1n) is 12.4. The number of amides is 3. The second-order valence-corrected chi connectivity index (χ2v) is 11.1. The Labute approximate surface area is 241 Å². The molecule has 1 saturated heterocycles. The van der Waals surface area contributed by atoms with E-state index in [9.17, 15) is 36.3 Å². The molecule has 1 atom stereocenters. The summed E-state index contributed by atoms with van der Waals surface area (Å²) in [6.45, 7) is -2.03. The number of nitrogens with zero attached hydrogens (tertiary/aromatic N) is 2. The zero-order valence-corrected chi connectivity index (χ0v) is 23.5. The third-order valence-corrected chi connectivity index (χ3v) is 6.93. The number of halogens is 6. The van der Waals surface area contributed by atoms with Crippen LogP contribution in [0.5, 0.6) is 5.75 Å². The lowest BCUT2D eigenvalue weighted by molar-refractivity contribution is -0.154. The van der Waals surface area contributed by atoms with Gasteiger partial charge in [-0.3, -0.25) is 19.3 Å². The highest BCUT2D eigenvalue weighted by molar-refractivity contribution is 7.18. The first-order valence-corrected chi connectivity index (χ1v) is 13.5. The Balaban J connectivity index is 1.89. The van der Waals surface area contributed by atoms with Gasteiger partial charge in [-0.2, -0.15) is 22.0 Å². The molecule has 1 aliphatic heterocycles. The molecule has 0 bridgehead atoms. The van der Waals surface area contributed by atoms with E-state index in [4.69, 9.17) is 16.3 Å². The van der Waals surface area contributed by atoms with Gasteiger partial charge in [-0.15, -0.1) is 11.3 Å². The van der Waals surface area contributed by atoms with Crippen molar-refractivity contribution >= 4 is 52.0 Å². The van der Waals surface area contributed by atoms with E-state index in [1.165, 1.54) is 29.2 Å². The number of alkyl halides is 5. The van der Waals surface area contributed by atoms with Crippen molar-refractivity contribution in [2.75, 3.05) is 49.6 Å². The maximum atomic E-state index is 13.5. The Morgan fingerprint density at radius 1 is 1.22 bits per heavy atom. The predicted octanol–water partition coefficient (Wildman–Crippen LogP) is 4.62. The normalized spacial score (nSPS) is 15.0. The zero-order chi connectivity index (χ0) is 30.3. The van der Waals surface area contributed by atoms with Gasteiger partial charge in [-0.25, -0.2) is 0 Å². The fourth-order valence-corrected chi connectivity index (χ4v) is 5.06. The van der Waals surface area contributed by atoms with Crippen molar-refractivity contribution < 1.29 is 45.8 Å². The molecule has 2 heterocycles. The van der Waals surface area contributed by atoms with Gasteiger partial charge in [0.15, 0.2) is 5.75 Å². The molecule has 0 spiro atoms. The monoisotopic (exact) mass is 626 g/mol. The molecule has 2 aromatic rings. The molecule has 3 amide bonds. The van der Waals surface area contributed by atoms with Crippen molar-refractivity contribution in [2.24, 2.45) is 5.92 Å². The summed E-state index contributed by atoms with van der Waals surface area (Å²) in [5.41, 5.74) is -0.0681. The van der Waals surface area contributed by atoms with Crippen molar-refractivity contribution in [2.45, 2.75) is 32.7 Å². The molecule has 2 N–H and O–H groups in total. The lowest BCUT2D eigenvalue weighted by atomic mass is 10.1. The number of thiophene rings is 1. The molecule has 0 radical (unpaired) electrons. The molecule has 0 unspecified atom stereocenters. The molecule has 3 rings (SSSR count). The van der Waals surface area contributed by atoms with Gasteiger partial charge in [0.05, 0.1) is 28.1 Å². The molecule has 9 nitrogen and oxygen atoms in total. The molecule has 16 heteroatoms. The summed E-state index contributed by atoms with van der Waals surface area (Å²) in [6, 6.07) is 5.03. The molecule has 226 valence electrons. The summed E-state index contributed by atoms with van der Waals surface area (Å²) in [5.74, 6) is -2.77. The average Bonchev–Trinajstić information content (AvgIpc) is 3.29. The van der Waals surface area contributed by atoms with Crippen LogP contribution in [0.25, 0.3) is 0 Å². The van der Waals surface area contributed by atoms with Crippen molar-refractivity contribution in [3.8, 4) is 5.75 Å². The second kappa shape index (κ2) is 14.2.